The highest BCUT2D eigenvalue weighted by molar-refractivity contribution is 9.10. The largest absolute Gasteiger partial charge is 0.569 e. The zero-order valence-electron chi connectivity index (χ0n) is 46.2. The molecule has 16 aromatic rings. The van der Waals surface area contributed by atoms with Crippen molar-refractivity contribution >= 4 is 134 Å². The molecular formula is C81H62BBr2O2S3. The van der Waals surface area contributed by atoms with Gasteiger partial charge in [-0.15, -0.1) is 34.0 Å². The molecule has 3 heterocycles. The molecule has 2 nitrogen and oxygen atoms in total. The van der Waals surface area contributed by atoms with Crippen molar-refractivity contribution in [2.45, 2.75) is 22.3 Å². The number of thiophene rings is 3. The highest BCUT2D eigenvalue weighted by Gasteiger charge is 2.13. The Morgan fingerprint density at radius 2 is 0.483 bits per heavy atom. The van der Waals surface area contributed by atoms with Crippen LogP contribution >= 0.6 is 65.9 Å². The first-order valence-corrected chi connectivity index (χ1v) is 32.3. The van der Waals surface area contributed by atoms with Gasteiger partial charge in [0.05, 0.1) is 0 Å². The molecule has 13 aromatic carbocycles. The van der Waals surface area contributed by atoms with Gasteiger partial charge in [-0.2, -0.15) is 0 Å². The SMILES string of the molecule is Brc1cccc(-c2cccc(Br)c2)c1.C.C.C.O[B]Oc1cccc(-c2ccc3sc4ccccc4c3c2)c1.c1cc(-c2cccc(-c3cccc(-c4ccc5sc6ccccc6c5c4)c3)c2)cc(-c2cccc(-c3ccc4sc5ccccc5c4c3)c2)c1. The molecule has 1 radical (unpaired) electrons. The lowest BCUT2D eigenvalue weighted by molar-refractivity contribution is 0.454. The molecule has 0 saturated heterocycles. The number of halogens is 2. The minimum atomic E-state index is 0. The van der Waals surface area contributed by atoms with Crippen molar-refractivity contribution < 1.29 is 9.68 Å². The summed E-state index contributed by atoms with van der Waals surface area (Å²) in [5.74, 6) is 0.621. The molecule has 0 aliphatic carbocycles. The summed E-state index contributed by atoms with van der Waals surface area (Å²) in [5, 5.41) is 16.7. The standard InChI is InChI=1S/C48H30S2.C18H12BO2S.C12H8Br2.3CH4/c1-3-19-45-41(17-1)43-29-39(21-23-47(43)49-45)37-15-7-13-35(27-37)33-11-5-9-31(25-33)32-10-6-12-34(26-32)36-14-8-16-38(28-36)40-22-24-48-44(30-40)42-18-2-4-20-46(42)50-48;20-19-21-14-5-3-4-12(10-14)13-8-9-18-16(11-13)15-6-1-2-7-17(15)22-18;13-11-5-1-3-9(7-11)10-4-2-6-12(14)8-10;;;/h1-30H;1-11,20H;1-8H;3*1H4. The maximum absolute atomic E-state index is 8.77. The zero-order chi connectivity index (χ0) is 57.9. The minimum Gasteiger partial charge on any atom is -0.537 e. The molecule has 0 fully saturated rings. The van der Waals surface area contributed by atoms with E-state index in [0.717, 1.165) is 20.1 Å². The molecular weight excluding hydrogens is 1270 g/mol. The second kappa shape index (κ2) is 27.8. The summed E-state index contributed by atoms with van der Waals surface area (Å²) in [5.41, 5.74) is 16.9. The number of benzene rings is 13. The van der Waals surface area contributed by atoms with Gasteiger partial charge >= 0.3 is 7.69 Å². The molecule has 8 heteroatoms. The first kappa shape index (κ1) is 61.9. The minimum absolute atomic E-state index is 0. The summed E-state index contributed by atoms with van der Waals surface area (Å²) >= 11 is 12.5. The lowest BCUT2D eigenvalue weighted by Crippen LogP contribution is -1.99. The third kappa shape index (κ3) is 13.4. The smallest absolute Gasteiger partial charge is 0.537 e. The van der Waals surface area contributed by atoms with Crippen molar-refractivity contribution in [2.75, 3.05) is 0 Å². The van der Waals surface area contributed by atoms with Crippen LogP contribution in [0.3, 0.4) is 0 Å². The average molecular weight is 1330 g/mol. The number of rotatable bonds is 9. The monoisotopic (exact) mass is 1330 g/mol. The van der Waals surface area contributed by atoms with E-state index < -0.39 is 0 Å². The third-order valence-electron chi connectivity index (χ3n) is 15.6. The fraction of sp³-hybridized carbons (Fsp3) is 0.0370. The van der Waals surface area contributed by atoms with E-state index in [4.69, 9.17) is 9.68 Å². The first-order chi connectivity index (χ1) is 42.3. The quantitative estimate of drug-likeness (QED) is 0.146. The summed E-state index contributed by atoms with van der Waals surface area (Å²) < 4.78 is 15.2. The molecule has 433 valence electrons. The van der Waals surface area contributed by atoms with Gasteiger partial charge in [-0.25, -0.2) is 0 Å². The van der Waals surface area contributed by atoms with E-state index in [2.05, 4.69) is 281 Å². The molecule has 16 rings (SSSR count). The van der Waals surface area contributed by atoms with E-state index in [-0.39, 0.29) is 22.3 Å². The molecule has 0 saturated carbocycles. The molecule has 89 heavy (non-hydrogen) atoms. The highest BCUT2D eigenvalue weighted by Crippen LogP contribution is 2.41. The van der Waals surface area contributed by atoms with Crippen LogP contribution in [0.1, 0.15) is 22.3 Å². The van der Waals surface area contributed by atoms with E-state index in [9.17, 15) is 0 Å². The molecule has 0 unspecified atom stereocenters. The van der Waals surface area contributed by atoms with Gasteiger partial charge in [-0.05, 0) is 193 Å². The van der Waals surface area contributed by atoms with Crippen LogP contribution in [0.4, 0.5) is 0 Å². The summed E-state index contributed by atoms with van der Waals surface area (Å²) in [7, 11) is 0.703. The zero-order valence-corrected chi connectivity index (χ0v) is 51.8. The van der Waals surface area contributed by atoms with Gasteiger partial charge in [0.25, 0.3) is 0 Å². The molecule has 1 N–H and O–H groups in total. The van der Waals surface area contributed by atoms with Crippen LogP contribution in [0.25, 0.3) is 138 Å². The van der Waals surface area contributed by atoms with Gasteiger partial charge in [-0.3, -0.25) is 0 Å². The Kier molecular flexibility index (Phi) is 19.3. The molecule has 0 aliphatic heterocycles. The van der Waals surface area contributed by atoms with Gasteiger partial charge < -0.3 is 9.68 Å². The Morgan fingerprint density at radius 3 is 0.787 bits per heavy atom. The Labute approximate surface area is 551 Å². The van der Waals surface area contributed by atoms with E-state index in [0.29, 0.717) is 13.4 Å². The lowest BCUT2D eigenvalue weighted by atomic mass is 9.94. The van der Waals surface area contributed by atoms with Crippen LogP contribution in [0.2, 0.25) is 0 Å². The van der Waals surface area contributed by atoms with Crippen molar-refractivity contribution in [1.82, 2.24) is 0 Å². The van der Waals surface area contributed by atoms with Crippen molar-refractivity contribution in [3.63, 3.8) is 0 Å². The molecule has 0 aliphatic rings. The Balaban J connectivity index is 0.000000172. The predicted molar refractivity (Wildman–Crippen MR) is 400 cm³/mol. The Bertz CT molecular complexity index is 4910. The normalized spacial score (nSPS) is 10.8. The number of hydrogen-bond acceptors (Lipinski definition) is 5. The fourth-order valence-corrected chi connectivity index (χ4v) is 15.4. The van der Waals surface area contributed by atoms with Crippen LogP contribution in [0, 0.1) is 0 Å². The van der Waals surface area contributed by atoms with E-state index in [1.807, 2.05) is 82.5 Å². The molecule has 0 bridgehead atoms. The lowest BCUT2D eigenvalue weighted by Gasteiger charge is -2.11. The molecule has 0 atom stereocenters. The van der Waals surface area contributed by atoms with Crippen LogP contribution in [-0.4, -0.2) is 12.7 Å². The van der Waals surface area contributed by atoms with Gasteiger partial charge in [0, 0.05) is 69.5 Å². The molecule has 0 amide bonds. The maximum Gasteiger partial charge on any atom is 0.569 e. The summed E-state index contributed by atoms with van der Waals surface area (Å²) in [6.45, 7) is 0. The third-order valence-corrected chi connectivity index (χ3v) is 20.0. The van der Waals surface area contributed by atoms with E-state index in [1.165, 1.54) is 127 Å². The van der Waals surface area contributed by atoms with Gasteiger partial charge in [0.2, 0.25) is 0 Å². The summed E-state index contributed by atoms with van der Waals surface area (Å²) in [6, 6.07) is 106. The van der Waals surface area contributed by atoms with Crippen LogP contribution in [-0.2, 0) is 0 Å². The van der Waals surface area contributed by atoms with Crippen LogP contribution in [0.15, 0.2) is 306 Å². The van der Waals surface area contributed by atoms with E-state index in [1.54, 1.807) is 0 Å². The van der Waals surface area contributed by atoms with Gasteiger partial charge in [-0.1, -0.05) is 236 Å². The van der Waals surface area contributed by atoms with Crippen molar-refractivity contribution in [2.24, 2.45) is 0 Å². The summed E-state index contributed by atoms with van der Waals surface area (Å²) in [4.78, 5) is 0. The van der Waals surface area contributed by atoms with Gasteiger partial charge in [0.1, 0.15) is 5.75 Å². The topological polar surface area (TPSA) is 29.5 Å². The number of hydrogen-bond donors (Lipinski definition) is 1. The van der Waals surface area contributed by atoms with Crippen molar-refractivity contribution in [3.8, 4) is 83.6 Å². The number of fused-ring (bicyclic) bond motifs is 9. The fourth-order valence-electron chi connectivity index (χ4n) is 11.4. The van der Waals surface area contributed by atoms with Crippen LogP contribution < -0.4 is 4.65 Å². The average Bonchev–Trinajstić information content (AvgIpc) is 2.88. The molecule has 0 spiro atoms. The van der Waals surface area contributed by atoms with Gasteiger partial charge in [0.15, 0.2) is 0 Å². The van der Waals surface area contributed by atoms with Crippen molar-refractivity contribution in [1.29, 1.82) is 0 Å². The van der Waals surface area contributed by atoms with Crippen LogP contribution in [0.5, 0.6) is 5.75 Å². The maximum atomic E-state index is 8.77. The molecule has 3 aromatic heterocycles. The first-order valence-electron chi connectivity index (χ1n) is 28.2. The second-order valence-electron chi connectivity index (χ2n) is 21.0. The second-order valence-corrected chi connectivity index (χ2v) is 26.1. The highest BCUT2D eigenvalue weighted by atomic mass is 79.9. The Morgan fingerprint density at radius 1 is 0.236 bits per heavy atom. The predicted octanol–water partition coefficient (Wildman–Crippen LogP) is 26.2. The summed E-state index contributed by atoms with van der Waals surface area (Å²) in [6.07, 6.45) is 0. The Hall–Kier alpha value is -8.70. The van der Waals surface area contributed by atoms with Crippen molar-refractivity contribution in [3.05, 3.63) is 306 Å². The van der Waals surface area contributed by atoms with E-state index >= 15 is 0 Å².